The number of pyridine rings is 1. The molecule has 0 aliphatic heterocycles. The predicted molar refractivity (Wildman–Crippen MR) is 145 cm³/mol. The lowest BCUT2D eigenvalue weighted by atomic mass is 10.1. The van der Waals surface area contributed by atoms with Gasteiger partial charge in [-0.15, -0.1) is 0 Å². The van der Waals surface area contributed by atoms with Crippen molar-refractivity contribution in [3.05, 3.63) is 84.6 Å². The van der Waals surface area contributed by atoms with Crippen molar-refractivity contribution >= 4 is 39.2 Å². The Bertz CT molecular complexity index is 1880. The van der Waals surface area contributed by atoms with Crippen molar-refractivity contribution in [3.63, 3.8) is 0 Å². The fourth-order valence-electron chi connectivity index (χ4n) is 4.22. The molecule has 0 saturated heterocycles. The SMILES string of the molecule is COc1ccc(-n2c(N)nc3ccc(-c4cnc(OC)c(N(OC=O)S(=O)(=O)c5ccc(F)cc5F)c4)cc32)cc1. The van der Waals surface area contributed by atoms with Gasteiger partial charge in [0, 0.05) is 23.5 Å². The molecule has 14 heteroatoms. The molecule has 5 aromatic rings. The molecule has 210 valence electrons. The topological polar surface area (TPSA) is 139 Å². The Kier molecular flexibility index (Phi) is 7.15. The molecule has 0 radical (unpaired) electrons. The highest BCUT2D eigenvalue weighted by molar-refractivity contribution is 7.92. The largest absolute Gasteiger partial charge is 0.497 e. The van der Waals surface area contributed by atoms with E-state index in [1.807, 2.05) is 12.1 Å². The third-order valence-electron chi connectivity index (χ3n) is 6.10. The smallest absolute Gasteiger partial charge is 0.322 e. The molecule has 0 fully saturated rings. The molecule has 0 saturated carbocycles. The molecular formula is C27H21F2N5O6S. The number of nitrogen functional groups attached to an aromatic ring is 1. The highest BCUT2D eigenvalue weighted by Gasteiger charge is 2.33. The molecule has 0 spiro atoms. The van der Waals surface area contributed by atoms with Crippen molar-refractivity contribution in [2.75, 3.05) is 24.4 Å². The lowest BCUT2D eigenvalue weighted by Crippen LogP contribution is -2.32. The first-order valence-corrected chi connectivity index (χ1v) is 13.2. The number of anilines is 2. The zero-order valence-electron chi connectivity index (χ0n) is 21.5. The quantitative estimate of drug-likeness (QED) is 0.200. The molecule has 0 amide bonds. The summed E-state index contributed by atoms with van der Waals surface area (Å²) in [6.45, 7) is -0.159. The first-order chi connectivity index (χ1) is 19.7. The first kappa shape index (κ1) is 27.3. The van der Waals surface area contributed by atoms with Crippen LogP contribution in [0.15, 0.2) is 77.8 Å². The van der Waals surface area contributed by atoms with Gasteiger partial charge >= 0.3 is 6.47 Å². The number of sulfonamides is 1. The maximum absolute atomic E-state index is 14.5. The van der Waals surface area contributed by atoms with Crippen LogP contribution in [0.25, 0.3) is 27.8 Å². The first-order valence-electron chi connectivity index (χ1n) is 11.8. The van der Waals surface area contributed by atoms with E-state index in [0.29, 0.717) is 40.0 Å². The van der Waals surface area contributed by atoms with Crippen LogP contribution in [0.1, 0.15) is 0 Å². The van der Waals surface area contributed by atoms with Gasteiger partial charge in [-0.3, -0.25) is 9.36 Å². The van der Waals surface area contributed by atoms with Gasteiger partial charge in [-0.25, -0.2) is 18.7 Å². The summed E-state index contributed by atoms with van der Waals surface area (Å²) < 4.78 is 67.0. The average molecular weight is 582 g/mol. The van der Waals surface area contributed by atoms with E-state index < -0.39 is 26.6 Å². The molecule has 2 N–H and O–H groups in total. The number of imidazole rings is 1. The molecule has 0 unspecified atom stereocenters. The molecule has 2 heterocycles. The van der Waals surface area contributed by atoms with Crippen LogP contribution in [0.4, 0.5) is 20.4 Å². The Morgan fingerprint density at radius 2 is 1.71 bits per heavy atom. The molecule has 2 aromatic heterocycles. The minimum absolute atomic E-state index is 0.157. The van der Waals surface area contributed by atoms with Crippen LogP contribution in [-0.4, -0.2) is 43.6 Å². The van der Waals surface area contributed by atoms with Gasteiger partial charge in [0.15, 0.2) is 5.69 Å². The molecule has 3 aromatic carbocycles. The number of carbonyl (C=O) groups excluding carboxylic acids is 1. The van der Waals surface area contributed by atoms with Crippen LogP contribution >= 0.6 is 0 Å². The Balaban J connectivity index is 1.64. The Morgan fingerprint density at radius 1 is 0.951 bits per heavy atom. The van der Waals surface area contributed by atoms with Gasteiger partial charge in [0.1, 0.15) is 22.3 Å². The Labute approximate surface area is 232 Å². The van der Waals surface area contributed by atoms with Crippen molar-refractivity contribution in [2.24, 2.45) is 0 Å². The highest BCUT2D eigenvalue weighted by Crippen LogP contribution is 2.36. The number of aromatic nitrogens is 3. The number of ether oxygens (including phenoxy) is 2. The number of nitrogens with two attached hydrogens (primary N) is 1. The minimum Gasteiger partial charge on any atom is -0.497 e. The predicted octanol–water partition coefficient (Wildman–Crippen LogP) is 4.25. The van der Waals surface area contributed by atoms with Crippen LogP contribution in [0.3, 0.4) is 0 Å². The third-order valence-corrected chi connectivity index (χ3v) is 7.70. The zero-order chi connectivity index (χ0) is 29.3. The fourth-order valence-corrected chi connectivity index (χ4v) is 5.48. The molecule has 41 heavy (non-hydrogen) atoms. The van der Waals surface area contributed by atoms with Crippen LogP contribution in [-0.2, 0) is 19.7 Å². The molecule has 5 rings (SSSR count). The van der Waals surface area contributed by atoms with E-state index in [1.54, 1.807) is 42.0 Å². The summed E-state index contributed by atoms with van der Waals surface area (Å²) in [4.78, 5) is 23.8. The number of fused-ring (bicyclic) bond motifs is 1. The molecule has 0 bridgehead atoms. The van der Waals surface area contributed by atoms with Crippen LogP contribution in [0.5, 0.6) is 11.6 Å². The summed E-state index contributed by atoms with van der Waals surface area (Å²) in [5, 5.41) is 0. The lowest BCUT2D eigenvalue weighted by Gasteiger charge is -2.22. The number of methoxy groups -OCH3 is 2. The third kappa shape index (κ3) is 4.96. The number of rotatable bonds is 9. The molecule has 0 atom stereocenters. The van der Waals surface area contributed by atoms with E-state index >= 15 is 0 Å². The number of nitrogens with zero attached hydrogens (tertiary/aromatic N) is 4. The molecule has 0 aliphatic carbocycles. The number of halogens is 2. The second kappa shape index (κ2) is 10.7. The second-order valence-electron chi connectivity index (χ2n) is 8.47. The van der Waals surface area contributed by atoms with Gasteiger partial charge in [-0.05, 0) is 60.2 Å². The van der Waals surface area contributed by atoms with Gasteiger partial charge in [0.2, 0.25) is 11.8 Å². The van der Waals surface area contributed by atoms with E-state index in [0.717, 1.165) is 11.8 Å². The maximum Gasteiger partial charge on any atom is 0.322 e. The summed E-state index contributed by atoms with van der Waals surface area (Å²) in [5.41, 5.74) is 8.74. The van der Waals surface area contributed by atoms with Gasteiger partial charge in [-0.1, -0.05) is 10.5 Å². The summed E-state index contributed by atoms with van der Waals surface area (Å²) >= 11 is 0. The van der Waals surface area contributed by atoms with Crippen molar-refractivity contribution in [1.29, 1.82) is 0 Å². The van der Waals surface area contributed by atoms with Crippen LogP contribution in [0.2, 0.25) is 0 Å². The van der Waals surface area contributed by atoms with Crippen molar-refractivity contribution in [1.82, 2.24) is 14.5 Å². The number of hydrogen-bond donors (Lipinski definition) is 1. The lowest BCUT2D eigenvalue weighted by molar-refractivity contribution is -0.128. The van der Waals surface area contributed by atoms with E-state index in [9.17, 15) is 22.0 Å². The van der Waals surface area contributed by atoms with Gasteiger partial charge < -0.3 is 20.0 Å². The standard InChI is InChI=1S/C27H21F2N5O6S/c1-38-20-7-5-19(6-8-20)33-23-11-16(3-9-22(23)32-27(33)30)17-12-24(26(39-2)31-14-17)34(40-15-35)41(36,37)25-10-4-18(28)13-21(25)29/h3-15H,1-2H3,(H2,30,32). The fraction of sp³-hybridized carbons (Fsp3) is 0.0741. The van der Waals surface area contributed by atoms with E-state index in [2.05, 4.69) is 9.97 Å². The number of hydrogen-bond acceptors (Lipinski definition) is 9. The number of carbonyl (C=O) groups is 1. The summed E-state index contributed by atoms with van der Waals surface area (Å²) in [6, 6.07) is 15.5. The van der Waals surface area contributed by atoms with Crippen LogP contribution in [0, 0.1) is 11.6 Å². The van der Waals surface area contributed by atoms with Crippen molar-refractivity contribution in [3.8, 4) is 28.4 Å². The molecule has 11 nitrogen and oxygen atoms in total. The summed E-state index contributed by atoms with van der Waals surface area (Å²) in [6.07, 6.45) is 1.41. The summed E-state index contributed by atoms with van der Waals surface area (Å²) in [7, 11) is -2.12. The van der Waals surface area contributed by atoms with E-state index in [4.69, 9.17) is 20.0 Å². The van der Waals surface area contributed by atoms with Crippen molar-refractivity contribution in [2.45, 2.75) is 4.90 Å². The van der Waals surface area contributed by atoms with Gasteiger partial charge in [0.25, 0.3) is 10.0 Å². The minimum atomic E-state index is -4.90. The monoisotopic (exact) mass is 581 g/mol. The molecule has 0 aliphatic rings. The summed E-state index contributed by atoms with van der Waals surface area (Å²) in [5.74, 6) is -1.74. The van der Waals surface area contributed by atoms with Gasteiger partial charge in [-0.2, -0.15) is 8.42 Å². The zero-order valence-corrected chi connectivity index (χ0v) is 22.3. The van der Waals surface area contributed by atoms with E-state index in [1.165, 1.54) is 19.4 Å². The van der Waals surface area contributed by atoms with Crippen molar-refractivity contribution < 1.29 is 36.3 Å². The second-order valence-corrected chi connectivity index (χ2v) is 10.2. The van der Waals surface area contributed by atoms with Crippen LogP contribution < -0.4 is 19.7 Å². The number of benzene rings is 3. The highest BCUT2D eigenvalue weighted by atomic mass is 32.2. The Hall–Kier alpha value is -5.24. The molecular weight excluding hydrogens is 560 g/mol. The average Bonchev–Trinajstić information content (AvgIpc) is 3.30. The van der Waals surface area contributed by atoms with Gasteiger partial charge in [0.05, 0.1) is 25.3 Å². The maximum atomic E-state index is 14.5. The van der Waals surface area contributed by atoms with E-state index in [-0.39, 0.29) is 28.5 Å². The Morgan fingerprint density at radius 3 is 2.37 bits per heavy atom. The normalized spacial score (nSPS) is 11.3.